The number of carbonyl (C=O) groups is 1. The number of alkyl halides is 3. The summed E-state index contributed by atoms with van der Waals surface area (Å²) in [6.45, 7) is 6.78. The molecule has 1 amide bonds. The molecule has 1 rings (SSSR count). The van der Waals surface area contributed by atoms with Crippen molar-refractivity contribution in [2.75, 3.05) is 11.9 Å². The van der Waals surface area contributed by atoms with E-state index in [-0.39, 0.29) is 30.7 Å². The van der Waals surface area contributed by atoms with Crippen LogP contribution >= 0.6 is 0 Å². The van der Waals surface area contributed by atoms with Gasteiger partial charge in [0, 0.05) is 19.0 Å². The second-order valence-corrected chi connectivity index (χ2v) is 6.41. The Morgan fingerprint density at radius 1 is 1.42 bits per heavy atom. The van der Waals surface area contributed by atoms with E-state index >= 15 is 0 Å². The van der Waals surface area contributed by atoms with Gasteiger partial charge in [-0.05, 0) is 19.8 Å². The first-order chi connectivity index (χ1) is 10.9. The van der Waals surface area contributed by atoms with Gasteiger partial charge >= 0.3 is 6.18 Å². The first-order valence-electron chi connectivity index (χ1n) is 7.34. The largest absolute Gasteiger partial charge is 0.432 e. The van der Waals surface area contributed by atoms with Crippen LogP contribution in [0.3, 0.4) is 0 Å². The van der Waals surface area contributed by atoms with Crippen molar-refractivity contribution in [2.45, 2.75) is 45.9 Å². The molecule has 4 N–H and O–H groups in total. The molecule has 0 fully saturated rings. The second kappa shape index (κ2) is 7.65. The number of nitrogens with one attached hydrogen (secondary N) is 3. The molecule has 0 spiro atoms. The summed E-state index contributed by atoms with van der Waals surface area (Å²) in [5, 5.41) is 20.3. The molecule has 0 aliphatic carbocycles. The summed E-state index contributed by atoms with van der Waals surface area (Å²) in [7, 11) is 0. The molecule has 7 nitrogen and oxygen atoms in total. The van der Waals surface area contributed by atoms with Crippen LogP contribution in [-0.4, -0.2) is 39.3 Å². The Morgan fingerprint density at radius 3 is 2.50 bits per heavy atom. The van der Waals surface area contributed by atoms with E-state index in [1.807, 2.05) is 18.9 Å². The number of amides is 1. The highest BCUT2D eigenvalue weighted by molar-refractivity contribution is 6.00. The third-order valence-corrected chi connectivity index (χ3v) is 2.64. The van der Waals surface area contributed by atoms with Crippen LogP contribution in [0.25, 0.3) is 0 Å². The zero-order valence-corrected chi connectivity index (χ0v) is 14.0. The van der Waals surface area contributed by atoms with E-state index in [9.17, 15) is 23.1 Å². The van der Waals surface area contributed by atoms with E-state index in [0.717, 1.165) is 6.07 Å². The standard InChI is InChI=1S/C14H22F3N5O2/c1-8(2)5-11(23)20-12(18-7-13(3,4)24)19-10-6-9(21-22-10)14(15,16)17/h6,8,24H,5,7H2,1-4H3,(H3,18,19,20,21,22,23). The lowest BCUT2D eigenvalue weighted by molar-refractivity contribution is -0.141. The van der Waals surface area contributed by atoms with E-state index in [4.69, 9.17) is 0 Å². The van der Waals surface area contributed by atoms with Crippen LogP contribution in [0.5, 0.6) is 0 Å². The number of aliphatic imine (C=N–C) groups is 1. The van der Waals surface area contributed by atoms with Crippen molar-refractivity contribution in [3.8, 4) is 0 Å². The number of aromatic nitrogens is 2. The number of guanidine groups is 1. The molecule has 136 valence electrons. The average molecular weight is 349 g/mol. The summed E-state index contributed by atoms with van der Waals surface area (Å²) in [6.07, 6.45) is -4.37. The number of aromatic amines is 1. The molecular weight excluding hydrogens is 327 g/mol. The number of aliphatic hydroxyl groups is 1. The van der Waals surface area contributed by atoms with Crippen molar-refractivity contribution in [1.29, 1.82) is 0 Å². The fourth-order valence-electron chi connectivity index (χ4n) is 1.58. The summed E-state index contributed by atoms with van der Waals surface area (Å²) >= 11 is 0. The van der Waals surface area contributed by atoms with E-state index in [1.165, 1.54) is 13.8 Å². The fourth-order valence-corrected chi connectivity index (χ4v) is 1.58. The molecule has 0 aliphatic heterocycles. The lowest BCUT2D eigenvalue weighted by Gasteiger charge is -2.19. The monoisotopic (exact) mass is 349 g/mol. The molecule has 1 aromatic rings. The number of halogens is 3. The maximum atomic E-state index is 12.6. The lowest BCUT2D eigenvalue weighted by atomic mass is 10.1. The Morgan fingerprint density at radius 2 is 2.04 bits per heavy atom. The SMILES string of the molecule is CC(C)CC(=O)/N=C(/NCC(C)(C)O)Nc1cc(C(F)(F)F)[nH]n1. The van der Waals surface area contributed by atoms with Gasteiger partial charge in [0.15, 0.2) is 5.82 Å². The van der Waals surface area contributed by atoms with Crippen LogP contribution < -0.4 is 10.6 Å². The van der Waals surface area contributed by atoms with Gasteiger partial charge in [0.1, 0.15) is 5.69 Å². The molecule has 0 atom stereocenters. The summed E-state index contributed by atoms with van der Waals surface area (Å²) in [5.41, 5.74) is -2.13. The van der Waals surface area contributed by atoms with Gasteiger partial charge in [-0.1, -0.05) is 13.8 Å². The minimum absolute atomic E-state index is 0.0321. The topological polar surface area (TPSA) is 102 Å². The summed E-state index contributed by atoms with van der Waals surface area (Å²) in [6, 6.07) is 0.758. The number of carbonyl (C=O) groups excluding carboxylic acids is 1. The Balaban J connectivity index is 2.90. The summed E-state index contributed by atoms with van der Waals surface area (Å²) < 4.78 is 37.7. The van der Waals surface area contributed by atoms with Crippen LogP contribution in [-0.2, 0) is 11.0 Å². The zero-order valence-electron chi connectivity index (χ0n) is 14.0. The van der Waals surface area contributed by atoms with Gasteiger partial charge in [-0.15, -0.1) is 0 Å². The van der Waals surface area contributed by atoms with Crippen molar-refractivity contribution in [3.63, 3.8) is 0 Å². The number of anilines is 1. The molecule has 0 saturated carbocycles. The molecule has 1 aromatic heterocycles. The molecule has 10 heteroatoms. The average Bonchev–Trinajstić information content (AvgIpc) is 2.82. The Bertz CT molecular complexity index is 588. The van der Waals surface area contributed by atoms with Gasteiger partial charge in [-0.2, -0.15) is 23.3 Å². The quantitative estimate of drug-likeness (QED) is 0.482. The van der Waals surface area contributed by atoms with Crippen molar-refractivity contribution in [3.05, 3.63) is 11.8 Å². The van der Waals surface area contributed by atoms with E-state index in [2.05, 4.69) is 20.7 Å². The molecule has 0 aromatic carbocycles. The van der Waals surface area contributed by atoms with Gasteiger partial charge in [0.2, 0.25) is 11.9 Å². The van der Waals surface area contributed by atoms with Crippen LogP contribution in [0.1, 0.15) is 39.8 Å². The van der Waals surface area contributed by atoms with Crippen LogP contribution in [0.2, 0.25) is 0 Å². The minimum atomic E-state index is -4.56. The van der Waals surface area contributed by atoms with Crippen LogP contribution in [0, 0.1) is 5.92 Å². The van der Waals surface area contributed by atoms with Crippen molar-refractivity contribution in [1.82, 2.24) is 15.5 Å². The van der Waals surface area contributed by atoms with E-state index in [0.29, 0.717) is 0 Å². The highest BCUT2D eigenvalue weighted by Gasteiger charge is 2.33. The number of nitrogens with zero attached hydrogens (tertiary/aromatic N) is 2. The Kier molecular flexibility index (Phi) is 6.35. The summed E-state index contributed by atoms with van der Waals surface area (Å²) in [5.74, 6) is -0.592. The van der Waals surface area contributed by atoms with Gasteiger partial charge in [-0.25, -0.2) is 0 Å². The highest BCUT2D eigenvalue weighted by Crippen LogP contribution is 2.28. The molecule has 0 saturated heterocycles. The molecule has 0 bridgehead atoms. The number of hydrogen-bond acceptors (Lipinski definition) is 3. The van der Waals surface area contributed by atoms with Crippen molar-refractivity contribution >= 4 is 17.7 Å². The normalized spacial score (nSPS) is 13.3. The van der Waals surface area contributed by atoms with Gasteiger partial charge in [0.25, 0.3) is 0 Å². The number of rotatable bonds is 5. The Labute approximate surface area is 137 Å². The predicted molar refractivity (Wildman–Crippen MR) is 83.4 cm³/mol. The first-order valence-corrected chi connectivity index (χ1v) is 7.34. The fraction of sp³-hybridized carbons (Fsp3) is 0.643. The van der Waals surface area contributed by atoms with Crippen LogP contribution in [0.15, 0.2) is 11.1 Å². The maximum absolute atomic E-state index is 12.6. The maximum Gasteiger partial charge on any atom is 0.432 e. The summed E-state index contributed by atoms with van der Waals surface area (Å²) in [4.78, 5) is 15.6. The zero-order chi connectivity index (χ0) is 18.5. The van der Waals surface area contributed by atoms with E-state index in [1.54, 1.807) is 0 Å². The molecule has 0 aliphatic rings. The molecule has 24 heavy (non-hydrogen) atoms. The van der Waals surface area contributed by atoms with Gasteiger partial charge in [-0.3, -0.25) is 9.89 Å². The predicted octanol–water partition coefficient (Wildman–Crippen LogP) is 2.13. The van der Waals surface area contributed by atoms with E-state index < -0.39 is 23.4 Å². The lowest BCUT2D eigenvalue weighted by Crippen LogP contribution is -2.41. The second-order valence-electron chi connectivity index (χ2n) is 6.41. The Hall–Kier alpha value is -2.10. The number of H-pyrrole nitrogens is 1. The first kappa shape index (κ1) is 19.9. The molecule has 1 heterocycles. The highest BCUT2D eigenvalue weighted by atomic mass is 19.4. The minimum Gasteiger partial charge on any atom is -0.389 e. The third kappa shape index (κ3) is 7.44. The molecule has 0 unspecified atom stereocenters. The van der Waals surface area contributed by atoms with Gasteiger partial charge in [0.05, 0.1) is 5.60 Å². The molecule has 0 radical (unpaired) electrons. The van der Waals surface area contributed by atoms with Crippen molar-refractivity contribution in [2.24, 2.45) is 10.9 Å². The van der Waals surface area contributed by atoms with Crippen molar-refractivity contribution < 1.29 is 23.1 Å². The smallest absolute Gasteiger partial charge is 0.389 e. The van der Waals surface area contributed by atoms with Crippen LogP contribution in [0.4, 0.5) is 19.0 Å². The molecular formula is C14H22F3N5O2. The third-order valence-electron chi connectivity index (χ3n) is 2.64. The van der Waals surface area contributed by atoms with Gasteiger partial charge < -0.3 is 15.7 Å². The number of hydrogen-bond donors (Lipinski definition) is 4.